The maximum Gasteiger partial charge on any atom is 0.255 e. The van der Waals surface area contributed by atoms with Crippen molar-refractivity contribution >= 4 is 23.2 Å². The molecule has 0 saturated heterocycles. The van der Waals surface area contributed by atoms with E-state index in [0.29, 0.717) is 27.8 Å². The number of aryl methyl sites for hydroxylation is 1. The highest BCUT2D eigenvalue weighted by Gasteiger charge is 2.10. The SMILES string of the molecule is COc1cc(C(=O)Nc2ccc(OC)c(Cl)c2)ccc1C. The van der Waals surface area contributed by atoms with Crippen LogP contribution in [0.4, 0.5) is 5.69 Å². The van der Waals surface area contributed by atoms with Crippen LogP contribution in [0.3, 0.4) is 0 Å². The Hall–Kier alpha value is -2.20. The number of halogens is 1. The highest BCUT2D eigenvalue weighted by molar-refractivity contribution is 6.32. The minimum atomic E-state index is -0.227. The van der Waals surface area contributed by atoms with Gasteiger partial charge in [-0.3, -0.25) is 4.79 Å². The minimum Gasteiger partial charge on any atom is -0.496 e. The first-order valence-electron chi connectivity index (χ1n) is 6.34. The van der Waals surface area contributed by atoms with E-state index in [4.69, 9.17) is 21.1 Å². The van der Waals surface area contributed by atoms with E-state index in [0.717, 1.165) is 5.56 Å². The van der Waals surface area contributed by atoms with Gasteiger partial charge in [-0.1, -0.05) is 17.7 Å². The Morgan fingerprint density at radius 3 is 2.38 bits per heavy atom. The Morgan fingerprint density at radius 1 is 1.05 bits per heavy atom. The van der Waals surface area contributed by atoms with Gasteiger partial charge in [0.05, 0.1) is 19.2 Å². The first kappa shape index (κ1) is 15.2. The van der Waals surface area contributed by atoms with E-state index in [2.05, 4.69) is 5.32 Å². The lowest BCUT2D eigenvalue weighted by molar-refractivity contribution is 0.102. The minimum absolute atomic E-state index is 0.227. The molecule has 0 spiro atoms. The fourth-order valence-electron chi connectivity index (χ4n) is 1.91. The van der Waals surface area contributed by atoms with Crippen molar-refractivity contribution in [3.63, 3.8) is 0 Å². The maximum atomic E-state index is 12.2. The molecule has 21 heavy (non-hydrogen) atoms. The van der Waals surface area contributed by atoms with E-state index >= 15 is 0 Å². The summed E-state index contributed by atoms with van der Waals surface area (Å²) >= 11 is 6.03. The predicted octanol–water partition coefficient (Wildman–Crippen LogP) is 3.92. The topological polar surface area (TPSA) is 47.6 Å². The molecule has 0 aromatic heterocycles. The van der Waals surface area contributed by atoms with Gasteiger partial charge in [-0.15, -0.1) is 0 Å². The molecule has 2 aromatic rings. The van der Waals surface area contributed by atoms with Crippen LogP contribution in [-0.4, -0.2) is 20.1 Å². The van der Waals surface area contributed by atoms with E-state index < -0.39 is 0 Å². The van der Waals surface area contributed by atoms with Gasteiger partial charge in [-0.25, -0.2) is 0 Å². The lowest BCUT2D eigenvalue weighted by Crippen LogP contribution is -2.12. The van der Waals surface area contributed by atoms with Crippen LogP contribution >= 0.6 is 11.6 Å². The summed E-state index contributed by atoms with van der Waals surface area (Å²) in [7, 11) is 3.12. The van der Waals surface area contributed by atoms with Gasteiger partial charge in [0, 0.05) is 11.3 Å². The number of ether oxygens (including phenoxy) is 2. The summed E-state index contributed by atoms with van der Waals surface area (Å²) in [6, 6.07) is 10.4. The lowest BCUT2D eigenvalue weighted by atomic mass is 10.1. The molecule has 0 heterocycles. The Kier molecular flexibility index (Phi) is 4.70. The van der Waals surface area contributed by atoms with Crippen molar-refractivity contribution in [2.24, 2.45) is 0 Å². The van der Waals surface area contributed by atoms with E-state index in [1.807, 2.05) is 13.0 Å². The molecule has 0 aliphatic rings. The quantitative estimate of drug-likeness (QED) is 0.931. The standard InChI is InChI=1S/C16H16ClNO3/c1-10-4-5-11(8-15(10)21-3)16(19)18-12-6-7-14(20-2)13(17)9-12/h4-9H,1-3H3,(H,18,19). The van der Waals surface area contributed by atoms with Crippen LogP contribution in [0.5, 0.6) is 11.5 Å². The van der Waals surface area contributed by atoms with E-state index in [1.165, 1.54) is 7.11 Å². The molecule has 0 atom stereocenters. The number of carbonyl (C=O) groups excluding carboxylic acids is 1. The summed E-state index contributed by atoms with van der Waals surface area (Å²) in [6.07, 6.45) is 0. The zero-order valence-electron chi connectivity index (χ0n) is 12.1. The van der Waals surface area contributed by atoms with Crippen molar-refractivity contribution in [3.05, 3.63) is 52.5 Å². The zero-order valence-corrected chi connectivity index (χ0v) is 12.8. The predicted molar refractivity (Wildman–Crippen MR) is 83.7 cm³/mol. The molecule has 0 aliphatic carbocycles. The second kappa shape index (κ2) is 6.50. The Bertz CT molecular complexity index is 671. The van der Waals surface area contributed by atoms with Gasteiger partial charge in [0.25, 0.3) is 5.91 Å². The molecule has 4 nitrogen and oxygen atoms in total. The fourth-order valence-corrected chi connectivity index (χ4v) is 2.17. The highest BCUT2D eigenvalue weighted by atomic mass is 35.5. The summed E-state index contributed by atoms with van der Waals surface area (Å²) in [5, 5.41) is 3.23. The number of carbonyl (C=O) groups is 1. The van der Waals surface area contributed by atoms with Crippen LogP contribution < -0.4 is 14.8 Å². The number of methoxy groups -OCH3 is 2. The monoisotopic (exact) mass is 305 g/mol. The molecule has 1 N–H and O–H groups in total. The second-order valence-corrected chi connectivity index (χ2v) is 4.90. The maximum absolute atomic E-state index is 12.2. The average molecular weight is 306 g/mol. The molecule has 0 bridgehead atoms. The van der Waals surface area contributed by atoms with Crippen LogP contribution in [0.25, 0.3) is 0 Å². The van der Waals surface area contributed by atoms with E-state index in [9.17, 15) is 4.79 Å². The summed E-state index contributed by atoms with van der Waals surface area (Å²) in [5.74, 6) is 1.01. The number of hydrogen-bond donors (Lipinski definition) is 1. The van der Waals surface area contributed by atoms with Crippen molar-refractivity contribution in [2.45, 2.75) is 6.92 Å². The largest absolute Gasteiger partial charge is 0.496 e. The normalized spacial score (nSPS) is 10.1. The Labute approximate surface area is 128 Å². The molecule has 0 aliphatic heterocycles. The molecular weight excluding hydrogens is 290 g/mol. The van der Waals surface area contributed by atoms with Crippen LogP contribution in [0.15, 0.2) is 36.4 Å². The molecule has 2 aromatic carbocycles. The number of nitrogens with one attached hydrogen (secondary N) is 1. The first-order chi connectivity index (χ1) is 10.0. The molecular formula is C16H16ClNO3. The first-order valence-corrected chi connectivity index (χ1v) is 6.72. The van der Waals surface area contributed by atoms with Gasteiger partial charge < -0.3 is 14.8 Å². The molecule has 0 fully saturated rings. The van der Waals surface area contributed by atoms with Crippen LogP contribution in [-0.2, 0) is 0 Å². The van der Waals surface area contributed by atoms with Crippen LogP contribution in [0, 0.1) is 6.92 Å². The van der Waals surface area contributed by atoms with Crippen LogP contribution in [0.2, 0.25) is 5.02 Å². The highest BCUT2D eigenvalue weighted by Crippen LogP contribution is 2.27. The third kappa shape index (κ3) is 3.47. The van der Waals surface area contributed by atoms with Crippen molar-refractivity contribution in [1.82, 2.24) is 0 Å². The fraction of sp³-hybridized carbons (Fsp3) is 0.188. The summed E-state index contributed by atoms with van der Waals surface area (Å²) in [5.41, 5.74) is 2.09. The van der Waals surface area contributed by atoms with E-state index in [1.54, 1.807) is 37.4 Å². The van der Waals surface area contributed by atoms with Gasteiger partial charge >= 0.3 is 0 Å². The molecule has 5 heteroatoms. The van der Waals surface area contributed by atoms with Gasteiger partial charge in [0.2, 0.25) is 0 Å². The van der Waals surface area contributed by atoms with Crippen molar-refractivity contribution in [3.8, 4) is 11.5 Å². The van der Waals surface area contributed by atoms with Crippen LogP contribution in [0.1, 0.15) is 15.9 Å². The third-order valence-corrected chi connectivity index (χ3v) is 3.38. The second-order valence-electron chi connectivity index (χ2n) is 4.49. The van der Waals surface area contributed by atoms with Gasteiger partial charge in [-0.2, -0.15) is 0 Å². The molecule has 2 rings (SSSR count). The average Bonchev–Trinajstić information content (AvgIpc) is 2.48. The molecule has 0 saturated carbocycles. The summed E-state index contributed by atoms with van der Waals surface area (Å²) in [4.78, 5) is 12.2. The van der Waals surface area contributed by atoms with Crippen molar-refractivity contribution in [1.29, 1.82) is 0 Å². The van der Waals surface area contributed by atoms with Crippen molar-refractivity contribution < 1.29 is 14.3 Å². The molecule has 0 radical (unpaired) electrons. The summed E-state index contributed by atoms with van der Waals surface area (Å²) < 4.78 is 10.3. The summed E-state index contributed by atoms with van der Waals surface area (Å²) in [6.45, 7) is 1.92. The number of amides is 1. The third-order valence-electron chi connectivity index (χ3n) is 3.08. The molecule has 1 amide bonds. The zero-order chi connectivity index (χ0) is 15.4. The lowest BCUT2D eigenvalue weighted by Gasteiger charge is -2.10. The van der Waals surface area contributed by atoms with Gasteiger partial charge in [0.15, 0.2) is 0 Å². The smallest absolute Gasteiger partial charge is 0.255 e. The number of anilines is 1. The van der Waals surface area contributed by atoms with Gasteiger partial charge in [0.1, 0.15) is 11.5 Å². The number of rotatable bonds is 4. The van der Waals surface area contributed by atoms with Crippen molar-refractivity contribution in [2.75, 3.05) is 19.5 Å². The molecule has 0 unspecified atom stereocenters. The number of benzene rings is 2. The Morgan fingerprint density at radius 2 is 1.76 bits per heavy atom. The molecule has 110 valence electrons. The number of hydrogen-bond acceptors (Lipinski definition) is 3. The van der Waals surface area contributed by atoms with Gasteiger partial charge in [-0.05, 0) is 42.8 Å². The Balaban J connectivity index is 2.19. The van der Waals surface area contributed by atoms with E-state index in [-0.39, 0.29) is 5.91 Å².